The highest BCUT2D eigenvalue weighted by atomic mass is 19.1. The van der Waals surface area contributed by atoms with Gasteiger partial charge in [0, 0.05) is 30.8 Å². The minimum atomic E-state index is -0.364. The van der Waals surface area contributed by atoms with Crippen molar-refractivity contribution in [2.75, 3.05) is 6.54 Å². The molecule has 0 radical (unpaired) electrons. The summed E-state index contributed by atoms with van der Waals surface area (Å²) in [5.74, 6) is -0.214. The zero-order valence-corrected chi connectivity index (χ0v) is 16.7. The fraction of sp³-hybridized carbons (Fsp3) is 0.261. The Bertz CT molecular complexity index is 1230. The summed E-state index contributed by atoms with van der Waals surface area (Å²) in [6.45, 7) is 0.619. The Kier molecular flexibility index (Phi) is 4.97. The minimum absolute atomic E-state index is 0.0670. The molecule has 1 saturated heterocycles. The van der Waals surface area contributed by atoms with E-state index in [1.807, 2.05) is 4.90 Å². The maximum absolute atomic E-state index is 14.0. The summed E-state index contributed by atoms with van der Waals surface area (Å²) in [6.07, 6.45) is 4.92. The lowest BCUT2D eigenvalue weighted by Crippen LogP contribution is -2.45. The molecule has 0 bridgehead atoms. The van der Waals surface area contributed by atoms with Gasteiger partial charge in [-0.25, -0.2) is 13.8 Å². The predicted molar refractivity (Wildman–Crippen MR) is 112 cm³/mol. The van der Waals surface area contributed by atoms with Gasteiger partial charge in [-0.2, -0.15) is 5.10 Å². The smallest absolute Gasteiger partial charge is 0.275 e. The number of fused-ring (bicyclic) bond motifs is 1. The van der Waals surface area contributed by atoms with Gasteiger partial charge in [0.2, 0.25) is 0 Å². The van der Waals surface area contributed by atoms with E-state index in [2.05, 4.69) is 20.2 Å². The molecule has 4 aromatic rings. The van der Waals surface area contributed by atoms with Crippen molar-refractivity contribution in [3.63, 3.8) is 0 Å². The maximum Gasteiger partial charge on any atom is 0.275 e. The van der Waals surface area contributed by atoms with Crippen LogP contribution < -0.4 is 0 Å². The average Bonchev–Trinajstić information content (AvgIpc) is 3.42. The van der Waals surface area contributed by atoms with Crippen LogP contribution in [0.15, 0.2) is 48.7 Å². The van der Waals surface area contributed by atoms with Gasteiger partial charge in [0.15, 0.2) is 11.5 Å². The number of carbonyl (C=O) groups is 1. The fourth-order valence-electron chi connectivity index (χ4n) is 4.29. The van der Waals surface area contributed by atoms with E-state index in [1.165, 1.54) is 18.2 Å². The van der Waals surface area contributed by atoms with E-state index in [-0.39, 0.29) is 23.6 Å². The van der Waals surface area contributed by atoms with Crippen molar-refractivity contribution in [3.05, 3.63) is 71.8 Å². The third kappa shape index (κ3) is 3.69. The van der Waals surface area contributed by atoms with E-state index >= 15 is 0 Å². The Morgan fingerprint density at radius 1 is 1.13 bits per heavy atom. The molecule has 0 saturated carbocycles. The molecular weight excluding hydrogens is 400 g/mol. The van der Waals surface area contributed by atoms with Crippen LogP contribution in [-0.4, -0.2) is 43.6 Å². The highest BCUT2D eigenvalue weighted by Crippen LogP contribution is 2.27. The number of carbonyl (C=O) groups excluding carboxylic acids is 1. The van der Waals surface area contributed by atoms with Gasteiger partial charge in [0.1, 0.15) is 17.2 Å². The van der Waals surface area contributed by atoms with Gasteiger partial charge in [-0.05, 0) is 49.1 Å². The molecule has 1 fully saturated rings. The van der Waals surface area contributed by atoms with Crippen molar-refractivity contribution < 1.29 is 13.6 Å². The molecule has 8 heteroatoms. The molecule has 6 nitrogen and oxygen atoms in total. The number of para-hydroxylation sites is 1. The third-order valence-electron chi connectivity index (χ3n) is 5.83. The first-order valence-corrected chi connectivity index (χ1v) is 10.3. The van der Waals surface area contributed by atoms with E-state index in [1.54, 1.807) is 30.5 Å². The van der Waals surface area contributed by atoms with Crippen LogP contribution in [0.2, 0.25) is 0 Å². The van der Waals surface area contributed by atoms with Crippen molar-refractivity contribution in [1.29, 1.82) is 0 Å². The van der Waals surface area contributed by atoms with Gasteiger partial charge in [-0.3, -0.25) is 9.89 Å². The number of nitrogens with zero attached hydrogens (tertiary/aromatic N) is 3. The van der Waals surface area contributed by atoms with Gasteiger partial charge in [0.05, 0.1) is 5.52 Å². The predicted octanol–water partition coefficient (Wildman–Crippen LogP) is 4.47. The standard InChI is InChI=1S/C23H21F2N5O/c24-15-9-7-14(8-10-15)17-13-26-29-21(17)23(31)30-11-2-1-4-16(30)12-20-27-19-6-3-5-18(25)22(19)28-20/h3,5-10,13,16H,1-2,4,11-12H2,(H,26,29)(H,27,28). The molecule has 0 aliphatic carbocycles. The molecule has 2 aromatic heterocycles. The quantitative estimate of drug-likeness (QED) is 0.510. The number of H-pyrrole nitrogens is 2. The number of nitrogens with one attached hydrogen (secondary N) is 2. The zero-order chi connectivity index (χ0) is 21.4. The lowest BCUT2D eigenvalue weighted by Gasteiger charge is -2.35. The van der Waals surface area contributed by atoms with Gasteiger partial charge >= 0.3 is 0 Å². The molecule has 0 spiro atoms. The normalized spacial score (nSPS) is 16.7. The summed E-state index contributed by atoms with van der Waals surface area (Å²) in [5, 5.41) is 6.96. The number of benzene rings is 2. The molecule has 1 unspecified atom stereocenters. The largest absolute Gasteiger partial charge is 0.342 e. The molecule has 1 amide bonds. The molecular formula is C23H21F2N5O. The second kappa shape index (κ2) is 7.94. The number of imidazole rings is 1. The number of aromatic amines is 2. The third-order valence-corrected chi connectivity index (χ3v) is 5.83. The van der Waals surface area contributed by atoms with Crippen LogP contribution in [0.1, 0.15) is 35.6 Å². The van der Waals surface area contributed by atoms with Crippen LogP contribution in [0.5, 0.6) is 0 Å². The molecule has 158 valence electrons. The second-order valence-electron chi connectivity index (χ2n) is 7.83. The van der Waals surface area contributed by atoms with Crippen molar-refractivity contribution in [1.82, 2.24) is 25.1 Å². The first-order valence-electron chi connectivity index (χ1n) is 10.3. The number of piperidine rings is 1. The van der Waals surface area contributed by atoms with Crippen LogP contribution in [0.25, 0.3) is 22.2 Å². The Morgan fingerprint density at radius 2 is 1.97 bits per heavy atom. The Labute approximate surface area is 177 Å². The summed E-state index contributed by atoms with van der Waals surface area (Å²) in [7, 11) is 0. The molecule has 1 atom stereocenters. The monoisotopic (exact) mass is 421 g/mol. The number of likely N-dealkylation sites (tertiary alicyclic amines) is 1. The lowest BCUT2D eigenvalue weighted by molar-refractivity contribution is 0.0606. The summed E-state index contributed by atoms with van der Waals surface area (Å²) in [4.78, 5) is 22.8. The summed E-state index contributed by atoms with van der Waals surface area (Å²) < 4.78 is 27.3. The zero-order valence-electron chi connectivity index (χ0n) is 16.7. The number of aromatic nitrogens is 4. The first-order chi connectivity index (χ1) is 15.1. The molecule has 2 N–H and O–H groups in total. The summed E-state index contributed by atoms with van der Waals surface area (Å²) in [5.41, 5.74) is 2.64. The van der Waals surface area contributed by atoms with E-state index < -0.39 is 0 Å². The van der Waals surface area contributed by atoms with Gasteiger partial charge < -0.3 is 9.88 Å². The Balaban J connectivity index is 1.42. The number of amides is 1. The van der Waals surface area contributed by atoms with E-state index in [0.717, 1.165) is 24.8 Å². The molecule has 31 heavy (non-hydrogen) atoms. The average molecular weight is 421 g/mol. The summed E-state index contributed by atoms with van der Waals surface area (Å²) in [6, 6.07) is 10.7. The van der Waals surface area contributed by atoms with Crippen molar-refractivity contribution in [3.8, 4) is 11.1 Å². The van der Waals surface area contributed by atoms with E-state index in [4.69, 9.17) is 0 Å². The van der Waals surface area contributed by atoms with Crippen LogP contribution in [0.4, 0.5) is 8.78 Å². The van der Waals surface area contributed by atoms with Crippen molar-refractivity contribution in [2.24, 2.45) is 0 Å². The molecule has 1 aliphatic rings. The van der Waals surface area contributed by atoms with Gasteiger partial charge in [-0.15, -0.1) is 0 Å². The Hall–Kier alpha value is -3.55. The van der Waals surface area contributed by atoms with Crippen molar-refractivity contribution in [2.45, 2.75) is 31.7 Å². The SMILES string of the molecule is O=C(c1n[nH]cc1-c1ccc(F)cc1)N1CCCCC1Cc1nc2c(F)cccc2[nH]1. The summed E-state index contributed by atoms with van der Waals surface area (Å²) >= 11 is 0. The van der Waals surface area contributed by atoms with E-state index in [0.29, 0.717) is 41.1 Å². The van der Waals surface area contributed by atoms with Gasteiger partial charge in [-0.1, -0.05) is 18.2 Å². The number of hydrogen-bond acceptors (Lipinski definition) is 3. The first kappa shape index (κ1) is 19.4. The fourth-order valence-corrected chi connectivity index (χ4v) is 4.29. The number of halogens is 2. The maximum atomic E-state index is 14.0. The highest BCUT2D eigenvalue weighted by Gasteiger charge is 2.31. The van der Waals surface area contributed by atoms with Crippen LogP contribution >= 0.6 is 0 Å². The molecule has 5 rings (SSSR count). The van der Waals surface area contributed by atoms with Crippen LogP contribution in [0, 0.1) is 11.6 Å². The Morgan fingerprint density at radius 3 is 2.77 bits per heavy atom. The molecule has 3 heterocycles. The van der Waals surface area contributed by atoms with Crippen molar-refractivity contribution >= 4 is 16.9 Å². The van der Waals surface area contributed by atoms with Crippen LogP contribution in [-0.2, 0) is 6.42 Å². The number of rotatable bonds is 4. The molecule has 2 aromatic carbocycles. The highest BCUT2D eigenvalue weighted by molar-refractivity contribution is 5.99. The van der Waals surface area contributed by atoms with Crippen LogP contribution in [0.3, 0.4) is 0 Å². The second-order valence-corrected chi connectivity index (χ2v) is 7.83. The topological polar surface area (TPSA) is 77.7 Å². The lowest BCUT2D eigenvalue weighted by atomic mass is 9.97. The minimum Gasteiger partial charge on any atom is -0.342 e. The molecule has 1 aliphatic heterocycles. The van der Waals surface area contributed by atoms with Gasteiger partial charge in [0.25, 0.3) is 5.91 Å². The number of hydrogen-bond donors (Lipinski definition) is 2. The van der Waals surface area contributed by atoms with E-state index in [9.17, 15) is 13.6 Å².